The molecule has 146 valence electrons. The van der Waals surface area contributed by atoms with E-state index in [1.165, 1.54) is 18.2 Å². The van der Waals surface area contributed by atoms with Crippen LogP contribution in [0.3, 0.4) is 0 Å². The second kappa shape index (κ2) is 9.07. The number of non-ortho nitro benzene ring substituents is 1. The summed E-state index contributed by atoms with van der Waals surface area (Å²) in [7, 11) is 0. The van der Waals surface area contributed by atoms with Crippen LogP contribution >= 0.6 is 0 Å². The van der Waals surface area contributed by atoms with Crippen molar-refractivity contribution in [2.24, 2.45) is 5.10 Å². The maximum absolute atomic E-state index is 12.0. The minimum atomic E-state index is -0.660. The average Bonchev–Trinajstić information content (AvgIpc) is 2.64. The van der Waals surface area contributed by atoms with Gasteiger partial charge in [0.1, 0.15) is 0 Å². The Labute approximate surface area is 158 Å². The molecule has 0 bridgehead atoms. The van der Waals surface area contributed by atoms with Crippen molar-refractivity contribution in [3.63, 3.8) is 0 Å². The van der Waals surface area contributed by atoms with Crippen molar-refractivity contribution in [1.29, 1.82) is 0 Å². The fourth-order valence-electron chi connectivity index (χ4n) is 2.31. The zero-order valence-electron chi connectivity index (χ0n) is 14.7. The molecule has 0 aliphatic carbocycles. The fourth-order valence-corrected chi connectivity index (χ4v) is 2.31. The molecule has 11 heteroatoms. The Bertz CT molecular complexity index is 943. The first kappa shape index (κ1) is 20.3. The lowest BCUT2D eigenvalue weighted by Crippen LogP contribution is -2.20. The quantitative estimate of drug-likeness (QED) is 0.399. The molecule has 1 amide bonds. The van der Waals surface area contributed by atoms with Crippen LogP contribution in [0.4, 0.5) is 11.4 Å². The Hall–Kier alpha value is -4.02. The van der Waals surface area contributed by atoms with Gasteiger partial charge in [-0.2, -0.15) is 5.10 Å². The van der Waals surface area contributed by atoms with Gasteiger partial charge >= 0.3 is 0 Å². The first-order valence-corrected chi connectivity index (χ1v) is 8.01. The summed E-state index contributed by atoms with van der Waals surface area (Å²) in [6.07, 6.45) is 0.724. The molecule has 0 radical (unpaired) electrons. The number of hydrazone groups is 1. The molecule has 0 fully saturated rings. The van der Waals surface area contributed by atoms with Crippen LogP contribution in [0.5, 0.6) is 11.5 Å². The van der Waals surface area contributed by atoms with Crippen LogP contribution in [-0.2, 0) is 11.2 Å². The van der Waals surface area contributed by atoms with Crippen molar-refractivity contribution >= 4 is 23.5 Å². The maximum atomic E-state index is 12.0. The highest BCUT2D eigenvalue weighted by molar-refractivity contribution is 5.88. The van der Waals surface area contributed by atoms with Gasteiger partial charge in [-0.3, -0.25) is 25.0 Å². The number of rotatable bonds is 8. The summed E-state index contributed by atoms with van der Waals surface area (Å²) in [6, 6.07) is 7.91. The van der Waals surface area contributed by atoms with Crippen LogP contribution in [0.1, 0.15) is 18.1 Å². The van der Waals surface area contributed by atoms with Crippen LogP contribution < -0.4 is 10.2 Å². The molecule has 0 aromatic heterocycles. The number of para-hydroxylation sites is 1. The number of phenols is 1. The first-order valence-electron chi connectivity index (χ1n) is 8.01. The van der Waals surface area contributed by atoms with Gasteiger partial charge in [-0.25, -0.2) is 5.43 Å². The third kappa shape index (κ3) is 5.00. The van der Waals surface area contributed by atoms with Crippen molar-refractivity contribution < 1.29 is 24.5 Å². The molecule has 2 aromatic rings. The standard InChI is InChI=1S/C17H16N4O7/c1-2-28-15-9-13(20(24)25)7-12(17(15)23)10-18-19-16(22)8-11-5-3-4-6-14(11)21(26)27/h3-7,9-10,23H,2,8H2,1H3,(H,19,22). The number of carbonyl (C=O) groups is 1. The van der Waals surface area contributed by atoms with Crippen molar-refractivity contribution in [1.82, 2.24) is 5.43 Å². The minimum absolute atomic E-state index is 0.0383. The topological polar surface area (TPSA) is 157 Å². The molecular weight excluding hydrogens is 372 g/mol. The highest BCUT2D eigenvalue weighted by atomic mass is 16.6. The Morgan fingerprint density at radius 3 is 2.61 bits per heavy atom. The van der Waals surface area contributed by atoms with E-state index in [0.717, 1.165) is 18.3 Å². The number of amides is 1. The maximum Gasteiger partial charge on any atom is 0.274 e. The summed E-state index contributed by atoms with van der Waals surface area (Å²) in [5.41, 5.74) is 1.81. The van der Waals surface area contributed by atoms with Crippen LogP contribution in [-0.4, -0.2) is 33.7 Å². The van der Waals surface area contributed by atoms with Gasteiger partial charge in [-0.15, -0.1) is 0 Å². The van der Waals surface area contributed by atoms with Crippen LogP contribution in [0, 0.1) is 20.2 Å². The summed E-state index contributed by atoms with van der Waals surface area (Å²) in [4.78, 5) is 32.7. The molecule has 2 rings (SSSR count). The molecule has 0 heterocycles. The molecule has 0 aliphatic heterocycles. The summed E-state index contributed by atoms with van der Waals surface area (Å²) in [5, 5.41) is 35.7. The summed E-state index contributed by atoms with van der Waals surface area (Å²) in [5.74, 6) is -1.10. The van der Waals surface area contributed by atoms with Crippen molar-refractivity contribution in [3.05, 3.63) is 67.8 Å². The van der Waals surface area contributed by atoms with E-state index >= 15 is 0 Å². The largest absolute Gasteiger partial charge is 0.504 e. The van der Waals surface area contributed by atoms with E-state index in [-0.39, 0.29) is 47.0 Å². The van der Waals surface area contributed by atoms with Gasteiger partial charge in [0.05, 0.1) is 35.2 Å². The van der Waals surface area contributed by atoms with E-state index in [2.05, 4.69) is 10.5 Å². The SMILES string of the molecule is CCOc1cc([N+](=O)[O-])cc(C=NNC(=O)Cc2ccccc2[N+](=O)[O-])c1O. The van der Waals surface area contributed by atoms with Crippen molar-refractivity contribution in [2.75, 3.05) is 6.61 Å². The number of phenolic OH excluding ortho intramolecular Hbond substituents is 1. The van der Waals surface area contributed by atoms with Gasteiger partial charge < -0.3 is 9.84 Å². The Morgan fingerprint density at radius 1 is 1.25 bits per heavy atom. The van der Waals surface area contributed by atoms with Gasteiger partial charge in [0, 0.05) is 23.3 Å². The Morgan fingerprint density at radius 2 is 1.96 bits per heavy atom. The number of nitro benzene ring substituents is 2. The molecule has 2 aromatic carbocycles. The van der Waals surface area contributed by atoms with Gasteiger partial charge in [0.2, 0.25) is 5.91 Å². The predicted octanol–water partition coefficient (Wildman–Crippen LogP) is 2.30. The zero-order valence-corrected chi connectivity index (χ0v) is 14.7. The smallest absolute Gasteiger partial charge is 0.274 e. The van der Waals surface area contributed by atoms with Crippen LogP contribution in [0.25, 0.3) is 0 Å². The molecular formula is C17H16N4O7. The van der Waals surface area contributed by atoms with E-state index in [9.17, 15) is 30.1 Å². The van der Waals surface area contributed by atoms with Gasteiger partial charge in [-0.1, -0.05) is 18.2 Å². The fraction of sp³-hybridized carbons (Fsp3) is 0.176. The summed E-state index contributed by atoms with van der Waals surface area (Å²) >= 11 is 0. The number of carbonyl (C=O) groups excluding carboxylic acids is 1. The monoisotopic (exact) mass is 388 g/mol. The van der Waals surface area contributed by atoms with Gasteiger partial charge in [-0.05, 0) is 6.92 Å². The molecule has 0 aliphatic rings. The Kier molecular flexibility index (Phi) is 6.58. The molecule has 0 saturated carbocycles. The lowest BCUT2D eigenvalue weighted by molar-refractivity contribution is -0.385. The van der Waals surface area contributed by atoms with E-state index < -0.39 is 15.8 Å². The Balaban J connectivity index is 2.15. The molecule has 28 heavy (non-hydrogen) atoms. The summed E-state index contributed by atoms with van der Waals surface area (Å²) < 4.78 is 5.14. The minimum Gasteiger partial charge on any atom is -0.504 e. The molecule has 2 N–H and O–H groups in total. The second-order valence-electron chi connectivity index (χ2n) is 5.43. The molecule has 0 atom stereocenters. The highest BCUT2D eigenvalue weighted by Gasteiger charge is 2.17. The van der Waals surface area contributed by atoms with Crippen molar-refractivity contribution in [3.8, 4) is 11.5 Å². The van der Waals surface area contributed by atoms with Gasteiger partial charge in [0.15, 0.2) is 11.5 Å². The molecule has 0 spiro atoms. The molecule has 0 unspecified atom stereocenters. The van der Waals surface area contributed by atoms with E-state index in [1.54, 1.807) is 13.0 Å². The first-order chi connectivity index (χ1) is 13.3. The number of nitrogens with one attached hydrogen (secondary N) is 1. The average molecular weight is 388 g/mol. The van der Waals surface area contributed by atoms with Crippen LogP contribution in [0.15, 0.2) is 41.5 Å². The number of ether oxygens (including phenoxy) is 1. The third-order valence-corrected chi connectivity index (χ3v) is 3.53. The molecule has 11 nitrogen and oxygen atoms in total. The van der Waals surface area contributed by atoms with Crippen molar-refractivity contribution in [2.45, 2.75) is 13.3 Å². The van der Waals surface area contributed by atoms with E-state index in [1.807, 2.05) is 0 Å². The number of nitro groups is 2. The van der Waals surface area contributed by atoms with Gasteiger partial charge in [0.25, 0.3) is 11.4 Å². The second-order valence-corrected chi connectivity index (χ2v) is 5.43. The normalized spacial score (nSPS) is 10.6. The number of nitrogens with zero attached hydrogens (tertiary/aromatic N) is 3. The lowest BCUT2D eigenvalue weighted by Gasteiger charge is -2.08. The number of benzene rings is 2. The zero-order chi connectivity index (χ0) is 20.7. The van der Waals surface area contributed by atoms with E-state index in [0.29, 0.717) is 0 Å². The summed E-state index contributed by atoms with van der Waals surface area (Å²) in [6.45, 7) is 1.83. The van der Waals surface area contributed by atoms with Crippen LogP contribution in [0.2, 0.25) is 0 Å². The third-order valence-electron chi connectivity index (χ3n) is 3.53. The molecule has 0 saturated heterocycles. The predicted molar refractivity (Wildman–Crippen MR) is 98.5 cm³/mol. The lowest BCUT2D eigenvalue weighted by atomic mass is 10.1. The number of aromatic hydroxyl groups is 1. The van der Waals surface area contributed by atoms with E-state index in [4.69, 9.17) is 4.74 Å². The number of hydrogen-bond donors (Lipinski definition) is 2. The highest BCUT2D eigenvalue weighted by Crippen LogP contribution is 2.33. The number of hydrogen-bond acceptors (Lipinski definition) is 8.